The van der Waals surface area contributed by atoms with Gasteiger partial charge in [0.15, 0.2) is 0 Å². The van der Waals surface area contributed by atoms with Crippen LogP contribution in [0.4, 0.5) is 5.69 Å². The predicted octanol–water partition coefficient (Wildman–Crippen LogP) is 2.03. The zero-order valence-corrected chi connectivity index (χ0v) is 20.2. The Balaban J connectivity index is 1.54. The number of ether oxygens (including phenoxy) is 1. The minimum absolute atomic E-state index is 0.0236. The Morgan fingerprint density at radius 3 is 2.38 bits per heavy atom. The molecule has 9 heteroatoms. The third-order valence-electron chi connectivity index (χ3n) is 6.06. The molecule has 0 aromatic heterocycles. The van der Waals surface area contributed by atoms with Crippen LogP contribution in [0.1, 0.15) is 56.3 Å². The van der Waals surface area contributed by atoms with Gasteiger partial charge in [-0.05, 0) is 43.0 Å². The predicted molar refractivity (Wildman–Crippen MR) is 128 cm³/mol. The monoisotopic (exact) mass is 472 g/mol. The first-order chi connectivity index (χ1) is 16.3. The number of nitrogens with one attached hydrogen (secondary N) is 2. The summed E-state index contributed by atoms with van der Waals surface area (Å²) < 4.78 is 5.19. The van der Waals surface area contributed by atoms with Crippen molar-refractivity contribution >= 4 is 29.4 Å². The van der Waals surface area contributed by atoms with E-state index in [0.717, 1.165) is 25.9 Å². The van der Waals surface area contributed by atoms with Crippen molar-refractivity contribution in [3.05, 3.63) is 29.8 Å². The highest BCUT2D eigenvalue weighted by Gasteiger charge is 2.35. The number of carbonyl (C=O) groups excluding carboxylic acids is 4. The Hall–Kier alpha value is -3.10. The smallest absolute Gasteiger partial charge is 0.308 e. The quantitative estimate of drug-likeness (QED) is 0.561. The summed E-state index contributed by atoms with van der Waals surface area (Å²) in [6.45, 7) is 6.38. The van der Waals surface area contributed by atoms with Crippen molar-refractivity contribution in [2.24, 2.45) is 5.92 Å². The number of benzene rings is 1. The number of hydrogen-bond donors (Lipinski definition) is 2. The Morgan fingerprint density at radius 2 is 1.74 bits per heavy atom. The minimum Gasteiger partial charge on any atom is -0.465 e. The van der Waals surface area contributed by atoms with Crippen molar-refractivity contribution in [1.82, 2.24) is 15.1 Å². The summed E-state index contributed by atoms with van der Waals surface area (Å²) in [5.41, 5.74) is 1.33. The third kappa shape index (κ3) is 7.20. The molecule has 1 aromatic carbocycles. The fourth-order valence-corrected chi connectivity index (χ4v) is 4.16. The Morgan fingerprint density at radius 1 is 1.06 bits per heavy atom. The molecule has 1 aromatic rings. The number of hydrogen-bond acceptors (Lipinski definition) is 6. The first-order valence-electron chi connectivity index (χ1n) is 12.2. The lowest BCUT2D eigenvalue weighted by Gasteiger charge is -2.34. The summed E-state index contributed by atoms with van der Waals surface area (Å²) in [6.07, 6.45) is 4.24. The van der Waals surface area contributed by atoms with Gasteiger partial charge in [-0.1, -0.05) is 26.7 Å². The summed E-state index contributed by atoms with van der Waals surface area (Å²) in [4.78, 5) is 53.4. The number of esters is 1. The lowest BCUT2D eigenvalue weighted by atomic mass is 10.1. The number of piperazine rings is 1. The lowest BCUT2D eigenvalue weighted by Crippen LogP contribution is -2.58. The SMILES string of the molecule is CC(C)COC(=O)CC1C(=O)NCCN1C(=O)CNc1ccc(C(=O)N2CCCCCC2)cc1. The fourth-order valence-electron chi connectivity index (χ4n) is 4.16. The van der Waals surface area contributed by atoms with Crippen LogP contribution in [0.5, 0.6) is 0 Å². The minimum atomic E-state index is -0.878. The van der Waals surface area contributed by atoms with E-state index in [2.05, 4.69) is 10.6 Å². The van der Waals surface area contributed by atoms with Crippen LogP contribution >= 0.6 is 0 Å². The molecule has 186 valence electrons. The average Bonchev–Trinajstić information content (AvgIpc) is 3.12. The van der Waals surface area contributed by atoms with E-state index < -0.39 is 12.0 Å². The van der Waals surface area contributed by atoms with Gasteiger partial charge >= 0.3 is 5.97 Å². The normalized spacial score (nSPS) is 18.8. The molecular formula is C25H36N4O5. The van der Waals surface area contributed by atoms with E-state index in [1.165, 1.54) is 17.7 Å². The van der Waals surface area contributed by atoms with E-state index in [0.29, 0.717) is 24.3 Å². The summed E-state index contributed by atoms with van der Waals surface area (Å²) in [6, 6.07) is 6.21. The van der Waals surface area contributed by atoms with E-state index in [-0.39, 0.29) is 43.2 Å². The van der Waals surface area contributed by atoms with Crippen molar-refractivity contribution in [3.8, 4) is 0 Å². The van der Waals surface area contributed by atoms with Gasteiger partial charge in [-0.2, -0.15) is 0 Å². The first-order valence-corrected chi connectivity index (χ1v) is 12.2. The Bertz CT molecular complexity index is 863. The maximum atomic E-state index is 12.9. The fraction of sp³-hybridized carbons (Fsp3) is 0.600. The van der Waals surface area contributed by atoms with Gasteiger partial charge in [0.05, 0.1) is 19.6 Å². The molecular weight excluding hydrogens is 436 g/mol. The van der Waals surface area contributed by atoms with Gasteiger partial charge in [-0.15, -0.1) is 0 Å². The number of likely N-dealkylation sites (tertiary alicyclic amines) is 1. The van der Waals surface area contributed by atoms with Gasteiger partial charge in [-0.25, -0.2) is 0 Å². The van der Waals surface area contributed by atoms with Crippen molar-refractivity contribution < 1.29 is 23.9 Å². The molecule has 0 aliphatic carbocycles. The molecule has 9 nitrogen and oxygen atoms in total. The van der Waals surface area contributed by atoms with Crippen LogP contribution < -0.4 is 10.6 Å². The third-order valence-corrected chi connectivity index (χ3v) is 6.06. The zero-order chi connectivity index (χ0) is 24.5. The molecule has 0 radical (unpaired) electrons. The first kappa shape index (κ1) is 25.5. The van der Waals surface area contributed by atoms with Crippen LogP contribution in [0.15, 0.2) is 24.3 Å². The van der Waals surface area contributed by atoms with Gasteiger partial charge in [0.25, 0.3) is 5.91 Å². The van der Waals surface area contributed by atoms with Gasteiger partial charge in [0.1, 0.15) is 6.04 Å². The van der Waals surface area contributed by atoms with Crippen LogP contribution in [0.2, 0.25) is 0 Å². The molecule has 3 rings (SSSR count). The van der Waals surface area contributed by atoms with Crippen molar-refractivity contribution in [3.63, 3.8) is 0 Å². The van der Waals surface area contributed by atoms with E-state index in [4.69, 9.17) is 4.74 Å². The molecule has 34 heavy (non-hydrogen) atoms. The molecule has 0 saturated carbocycles. The summed E-state index contributed by atoms with van der Waals surface area (Å²) in [5, 5.41) is 5.77. The number of rotatable bonds is 8. The zero-order valence-electron chi connectivity index (χ0n) is 20.2. The molecule has 1 unspecified atom stereocenters. The molecule has 2 N–H and O–H groups in total. The summed E-state index contributed by atoms with van der Waals surface area (Å²) in [7, 11) is 0. The van der Waals surface area contributed by atoms with Crippen LogP contribution in [-0.2, 0) is 19.1 Å². The van der Waals surface area contributed by atoms with Crippen LogP contribution in [0.3, 0.4) is 0 Å². The number of nitrogens with zero attached hydrogens (tertiary/aromatic N) is 2. The lowest BCUT2D eigenvalue weighted by molar-refractivity contribution is -0.152. The maximum absolute atomic E-state index is 12.9. The number of carbonyl (C=O) groups is 4. The van der Waals surface area contributed by atoms with E-state index in [9.17, 15) is 19.2 Å². The van der Waals surface area contributed by atoms with Crippen molar-refractivity contribution in [2.45, 2.75) is 52.0 Å². The highest BCUT2D eigenvalue weighted by Crippen LogP contribution is 2.16. The maximum Gasteiger partial charge on any atom is 0.308 e. The standard InChI is InChI=1S/C25H36N4O5/c1-18(2)17-34-23(31)15-21-24(32)26-11-14-29(21)22(30)16-27-20-9-7-19(8-10-20)25(33)28-12-5-3-4-6-13-28/h7-10,18,21,27H,3-6,11-17H2,1-2H3,(H,26,32). The molecule has 2 aliphatic heterocycles. The van der Waals surface area contributed by atoms with Gasteiger partial charge in [0.2, 0.25) is 11.8 Å². The molecule has 2 heterocycles. The molecule has 1 atom stereocenters. The summed E-state index contributed by atoms with van der Waals surface area (Å²) in [5.74, 6) is -0.891. The molecule has 2 fully saturated rings. The second kappa shape index (κ2) is 12.4. The van der Waals surface area contributed by atoms with Gasteiger partial charge < -0.3 is 25.2 Å². The van der Waals surface area contributed by atoms with E-state index >= 15 is 0 Å². The highest BCUT2D eigenvalue weighted by atomic mass is 16.5. The molecule has 0 spiro atoms. The Labute approximate surface area is 201 Å². The average molecular weight is 473 g/mol. The topological polar surface area (TPSA) is 108 Å². The largest absolute Gasteiger partial charge is 0.465 e. The number of anilines is 1. The second-order valence-electron chi connectivity index (χ2n) is 9.31. The van der Waals surface area contributed by atoms with E-state index in [1.807, 2.05) is 18.7 Å². The number of amides is 3. The molecule has 2 saturated heterocycles. The van der Waals surface area contributed by atoms with Crippen molar-refractivity contribution in [2.75, 3.05) is 44.6 Å². The Kier molecular flexibility index (Phi) is 9.30. The van der Waals surface area contributed by atoms with Crippen LogP contribution in [0.25, 0.3) is 0 Å². The molecule has 0 bridgehead atoms. The highest BCUT2D eigenvalue weighted by molar-refractivity contribution is 5.95. The molecule has 2 aliphatic rings. The van der Waals surface area contributed by atoms with Crippen LogP contribution in [-0.4, -0.2) is 78.9 Å². The van der Waals surface area contributed by atoms with E-state index in [1.54, 1.807) is 24.3 Å². The summed E-state index contributed by atoms with van der Waals surface area (Å²) >= 11 is 0. The van der Waals surface area contributed by atoms with Crippen LogP contribution in [0, 0.1) is 5.92 Å². The van der Waals surface area contributed by atoms with Crippen molar-refractivity contribution in [1.29, 1.82) is 0 Å². The van der Waals surface area contributed by atoms with Gasteiger partial charge in [0, 0.05) is 37.4 Å². The second-order valence-corrected chi connectivity index (χ2v) is 9.31. The van der Waals surface area contributed by atoms with Gasteiger partial charge in [-0.3, -0.25) is 19.2 Å². The molecule has 3 amide bonds.